The van der Waals surface area contributed by atoms with Gasteiger partial charge in [0, 0.05) is 34.1 Å². The number of esters is 1. The van der Waals surface area contributed by atoms with Crippen LogP contribution in [0.3, 0.4) is 0 Å². The van der Waals surface area contributed by atoms with Gasteiger partial charge in [0.1, 0.15) is 0 Å². The van der Waals surface area contributed by atoms with Gasteiger partial charge in [-0.1, -0.05) is 90.5 Å². The van der Waals surface area contributed by atoms with Crippen molar-refractivity contribution in [3.63, 3.8) is 0 Å². The summed E-state index contributed by atoms with van der Waals surface area (Å²) < 4.78 is 4.83. The summed E-state index contributed by atoms with van der Waals surface area (Å²) in [6.07, 6.45) is 0.254. The molecule has 0 aromatic heterocycles. The average molecular weight is 575 g/mol. The Morgan fingerprint density at radius 1 is 0.477 bits per heavy atom. The molecule has 0 fully saturated rings. The lowest BCUT2D eigenvalue weighted by Crippen LogP contribution is -2.10. The second-order valence-corrected chi connectivity index (χ2v) is 10.7. The Labute approximate surface area is 259 Å². The SMILES string of the molecule is COC(=O)Cc1ccc(N(c2ccccc2)c2ccc(-c3ccc(N(c4ccccc4)c4ccc(C)cc4)cc3)cc2)cc1. The fraction of sp³-hybridized carbons (Fsp3) is 0.0750. The van der Waals surface area contributed by atoms with E-state index in [4.69, 9.17) is 4.74 Å². The van der Waals surface area contributed by atoms with Gasteiger partial charge < -0.3 is 14.5 Å². The zero-order valence-corrected chi connectivity index (χ0v) is 24.9. The molecular weight excluding hydrogens is 540 g/mol. The predicted molar refractivity (Wildman–Crippen MR) is 182 cm³/mol. The summed E-state index contributed by atoms with van der Waals surface area (Å²) in [5.41, 5.74) is 10.9. The van der Waals surface area contributed by atoms with E-state index in [1.54, 1.807) is 0 Å². The average Bonchev–Trinajstić information content (AvgIpc) is 3.08. The molecule has 0 spiro atoms. The molecule has 0 saturated heterocycles. The molecule has 0 aliphatic carbocycles. The normalized spacial score (nSPS) is 10.7. The van der Waals surface area contributed by atoms with Gasteiger partial charge in [0.05, 0.1) is 13.5 Å². The maximum atomic E-state index is 11.7. The second kappa shape index (κ2) is 13.1. The summed E-state index contributed by atoms with van der Waals surface area (Å²) in [7, 11) is 1.41. The molecule has 0 radical (unpaired) electrons. The minimum Gasteiger partial charge on any atom is -0.469 e. The minimum atomic E-state index is -0.246. The number of rotatable bonds is 9. The van der Waals surface area contributed by atoms with E-state index < -0.39 is 0 Å². The molecule has 0 atom stereocenters. The summed E-state index contributed by atoms with van der Waals surface area (Å²) >= 11 is 0. The third kappa shape index (κ3) is 6.40. The van der Waals surface area contributed by atoms with Gasteiger partial charge in [-0.05, 0) is 96.4 Å². The van der Waals surface area contributed by atoms with E-state index in [1.165, 1.54) is 12.7 Å². The number of carbonyl (C=O) groups is 1. The van der Waals surface area contributed by atoms with Crippen molar-refractivity contribution >= 4 is 40.1 Å². The Hall–Kier alpha value is -5.61. The largest absolute Gasteiger partial charge is 0.469 e. The Balaban J connectivity index is 1.28. The number of aryl methyl sites for hydroxylation is 1. The molecule has 44 heavy (non-hydrogen) atoms. The highest BCUT2D eigenvalue weighted by Crippen LogP contribution is 2.38. The number of methoxy groups -OCH3 is 1. The molecule has 4 nitrogen and oxygen atoms in total. The van der Waals surface area contributed by atoms with Crippen LogP contribution in [0.15, 0.2) is 158 Å². The van der Waals surface area contributed by atoms with Gasteiger partial charge in [-0.3, -0.25) is 4.79 Å². The highest BCUT2D eigenvalue weighted by molar-refractivity contribution is 5.81. The predicted octanol–water partition coefficient (Wildman–Crippen LogP) is 10.3. The van der Waals surface area contributed by atoms with E-state index in [9.17, 15) is 4.79 Å². The number of para-hydroxylation sites is 2. The van der Waals surface area contributed by atoms with E-state index in [0.29, 0.717) is 0 Å². The third-order valence-electron chi connectivity index (χ3n) is 7.68. The molecule has 0 heterocycles. The molecule has 0 bridgehead atoms. The lowest BCUT2D eigenvalue weighted by molar-refractivity contribution is -0.139. The number of carbonyl (C=O) groups excluding carboxylic acids is 1. The molecule has 6 rings (SSSR count). The summed E-state index contributed by atoms with van der Waals surface area (Å²) in [5.74, 6) is -0.246. The van der Waals surface area contributed by atoms with Crippen molar-refractivity contribution in [3.8, 4) is 11.1 Å². The van der Waals surface area contributed by atoms with Gasteiger partial charge in [0.2, 0.25) is 0 Å². The van der Waals surface area contributed by atoms with Crippen LogP contribution in [0.4, 0.5) is 34.1 Å². The molecule has 0 saturated carbocycles. The number of hydrogen-bond donors (Lipinski definition) is 0. The quantitative estimate of drug-likeness (QED) is 0.161. The van der Waals surface area contributed by atoms with E-state index in [0.717, 1.165) is 50.8 Å². The molecule has 0 aliphatic heterocycles. The van der Waals surface area contributed by atoms with Gasteiger partial charge >= 0.3 is 5.97 Å². The fourth-order valence-corrected chi connectivity index (χ4v) is 5.35. The monoisotopic (exact) mass is 574 g/mol. The number of hydrogen-bond acceptors (Lipinski definition) is 4. The fourth-order valence-electron chi connectivity index (χ4n) is 5.35. The van der Waals surface area contributed by atoms with Crippen molar-refractivity contribution in [2.45, 2.75) is 13.3 Å². The maximum absolute atomic E-state index is 11.7. The standard InChI is InChI=1S/C40H34N2O2/c1-30-13-21-36(22-14-30)41(34-9-5-3-6-10-34)38-25-17-32(18-26-38)33-19-27-39(28-20-33)42(35-11-7-4-8-12-35)37-23-15-31(16-24-37)29-40(43)44-2/h3-28H,29H2,1-2H3. The minimum absolute atomic E-state index is 0.246. The van der Waals surface area contributed by atoms with Crippen LogP contribution in [0.25, 0.3) is 11.1 Å². The number of ether oxygens (including phenoxy) is 1. The van der Waals surface area contributed by atoms with E-state index in [1.807, 2.05) is 48.5 Å². The first-order valence-electron chi connectivity index (χ1n) is 14.7. The summed E-state index contributed by atoms with van der Waals surface area (Å²) in [6.45, 7) is 2.11. The first-order chi connectivity index (χ1) is 21.6. The number of nitrogens with zero attached hydrogens (tertiary/aromatic N) is 2. The molecule has 0 aliphatic rings. The molecule has 6 aromatic rings. The molecule has 0 N–H and O–H groups in total. The molecule has 6 aromatic carbocycles. The highest BCUT2D eigenvalue weighted by Gasteiger charge is 2.15. The lowest BCUT2D eigenvalue weighted by atomic mass is 10.0. The van der Waals surface area contributed by atoms with Crippen LogP contribution in [0, 0.1) is 6.92 Å². The lowest BCUT2D eigenvalue weighted by Gasteiger charge is -2.26. The van der Waals surface area contributed by atoms with Gasteiger partial charge in [-0.25, -0.2) is 0 Å². The first kappa shape index (κ1) is 28.5. The van der Waals surface area contributed by atoms with Crippen LogP contribution in [-0.2, 0) is 16.0 Å². The van der Waals surface area contributed by atoms with E-state index >= 15 is 0 Å². The van der Waals surface area contributed by atoms with Crippen molar-refractivity contribution in [3.05, 3.63) is 169 Å². The third-order valence-corrected chi connectivity index (χ3v) is 7.68. The van der Waals surface area contributed by atoms with Crippen LogP contribution in [-0.4, -0.2) is 13.1 Å². The molecular formula is C40H34N2O2. The van der Waals surface area contributed by atoms with Crippen LogP contribution in [0.5, 0.6) is 0 Å². The van der Waals surface area contributed by atoms with Crippen molar-refractivity contribution in [2.75, 3.05) is 16.9 Å². The smallest absolute Gasteiger partial charge is 0.309 e. The zero-order valence-electron chi connectivity index (χ0n) is 24.9. The Morgan fingerprint density at radius 3 is 1.20 bits per heavy atom. The topological polar surface area (TPSA) is 32.8 Å². The number of benzene rings is 6. The first-order valence-corrected chi connectivity index (χ1v) is 14.7. The summed E-state index contributed by atoms with van der Waals surface area (Å²) in [4.78, 5) is 16.2. The van der Waals surface area contributed by atoms with Gasteiger partial charge in [0.25, 0.3) is 0 Å². The second-order valence-electron chi connectivity index (χ2n) is 10.7. The molecule has 4 heteroatoms. The van der Waals surface area contributed by atoms with Crippen LogP contribution in [0.1, 0.15) is 11.1 Å². The van der Waals surface area contributed by atoms with Gasteiger partial charge in [-0.15, -0.1) is 0 Å². The molecule has 0 amide bonds. The van der Waals surface area contributed by atoms with Crippen molar-refractivity contribution in [2.24, 2.45) is 0 Å². The van der Waals surface area contributed by atoms with Crippen molar-refractivity contribution in [1.82, 2.24) is 0 Å². The molecule has 216 valence electrons. The van der Waals surface area contributed by atoms with Gasteiger partial charge in [-0.2, -0.15) is 0 Å². The van der Waals surface area contributed by atoms with Crippen LogP contribution in [0.2, 0.25) is 0 Å². The van der Waals surface area contributed by atoms with Crippen LogP contribution < -0.4 is 9.80 Å². The molecule has 0 unspecified atom stereocenters. The van der Waals surface area contributed by atoms with E-state index in [-0.39, 0.29) is 12.4 Å². The van der Waals surface area contributed by atoms with Crippen LogP contribution >= 0.6 is 0 Å². The van der Waals surface area contributed by atoms with Crippen molar-refractivity contribution in [1.29, 1.82) is 0 Å². The highest BCUT2D eigenvalue weighted by atomic mass is 16.5. The zero-order chi connectivity index (χ0) is 30.3. The Bertz CT molecular complexity index is 1800. The van der Waals surface area contributed by atoms with Crippen molar-refractivity contribution < 1.29 is 9.53 Å². The summed E-state index contributed by atoms with van der Waals surface area (Å²) in [5, 5.41) is 0. The van der Waals surface area contributed by atoms with E-state index in [2.05, 4.69) is 126 Å². The maximum Gasteiger partial charge on any atom is 0.309 e. The Morgan fingerprint density at radius 2 is 0.818 bits per heavy atom. The summed E-state index contributed by atoms with van der Waals surface area (Å²) in [6, 6.07) is 54.8. The van der Waals surface area contributed by atoms with Gasteiger partial charge in [0.15, 0.2) is 0 Å². The Kier molecular flexibility index (Phi) is 8.51. The number of anilines is 6.